The van der Waals surface area contributed by atoms with E-state index in [0.29, 0.717) is 12.6 Å². The molecule has 18 heavy (non-hydrogen) atoms. The maximum absolute atomic E-state index is 11.7. The van der Waals surface area contributed by atoms with Crippen molar-refractivity contribution in [3.05, 3.63) is 0 Å². The monoisotopic (exact) mass is 253 g/mol. The number of nitrogens with zero attached hydrogens (tertiary/aromatic N) is 1. The first-order chi connectivity index (χ1) is 8.70. The van der Waals surface area contributed by atoms with Gasteiger partial charge in [0.2, 0.25) is 5.91 Å². The summed E-state index contributed by atoms with van der Waals surface area (Å²) in [5.74, 6) is 0.570. The molecule has 102 valence electrons. The zero-order valence-electron chi connectivity index (χ0n) is 11.1. The Morgan fingerprint density at radius 3 is 2.67 bits per heavy atom. The van der Waals surface area contributed by atoms with Crippen LogP contribution in [0, 0.1) is 5.92 Å². The Balaban J connectivity index is 1.87. The topological polar surface area (TPSA) is 61.4 Å². The molecule has 0 bridgehead atoms. The van der Waals surface area contributed by atoms with E-state index in [4.69, 9.17) is 0 Å². The van der Waals surface area contributed by atoms with Gasteiger partial charge in [-0.3, -0.25) is 15.0 Å². The van der Waals surface area contributed by atoms with Crippen molar-refractivity contribution in [1.29, 1.82) is 0 Å². The third kappa shape index (κ3) is 3.22. The van der Waals surface area contributed by atoms with Crippen LogP contribution in [0.25, 0.3) is 0 Å². The average molecular weight is 253 g/mol. The van der Waals surface area contributed by atoms with Crippen LogP contribution in [-0.2, 0) is 4.79 Å². The zero-order valence-corrected chi connectivity index (χ0v) is 11.1. The van der Waals surface area contributed by atoms with E-state index in [0.717, 1.165) is 12.5 Å². The van der Waals surface area contributed by atoms with Gasteiger partial charge in [-0.15, -0.1) is 0 Å². The first-order valence-corrected chi connectivity index (χ1v) is 6.96. The minimum atomic E-state index is -0.419. The molecule has 2 atom stereocenters. The van der Waals surface area contributed by atoms with Crippen LogP contribution in [0.4, 0.5) is 4.79 Å². The Bertz CT molecular complexity index is 317. The quantitative estimate of drug-likeness (QED) is 0.774. The van der Waals surface area contributed by atoms with Crippen molar-refractivity contribution in [2.75, 3.05) is 20.1 Å². The van der Waals surface area contributed by atoms with Gasteiger partial charge in [-0.05, 0) is 38.1 Å². The summed E-state index contributed by atoms with van der Waals surface area (Å²) in [6.45, 7) is 1.34. The molecule has 3 amide bonds. The summed E-state index contributed by atoms with van der Waals surface area (Å²) in [6.07, 6.45) is 7.59. The van der Waals surface area contributed by atoms with Crippen LogP contribution in [0.5, 0.6) is 0 Å². The van der Waals surface area contributed by atoms with Crippen LogP contribution in [0.2, 0.25) is 0 Å². The number of urea groups is 1. The van der Waals surface area contributed by atoms with Crippen LogP contribution in [0.3, 0.4) is 0 Å². The second-order valence-corrected chi connectivity index (χ2v) is 5.35. The maximum atomic E-state index is 11.7. The molecule has 1 saturated carbocycles. The fourth-order valence-corrected chi connectivity index (χ4v) is 3.34. The van der Waals surface area contributed by atoms with Crippen LogP contribution in [0.1, 0.15) is 38.5 Å². The molecular formula is C13H23N3O2. The number of fused-ring (bicyclic) bond motifs is 1. The smallest absolute Gasteiger partial charge is 0.321 e. The largest absolute Gasteiger partial charge is 0.341 e. The Morgan fingerprint density at radius 2 is 1.89 bits per heavy atom. The van der Waals surface area contributed by atoms with Gasteiger partial charge in [0.15, 0.2) is 0 Å². The van der Waals surface area contributed by atoms with Gasteiger partial charge in [0.1, 0.15) is 0 Å². The number of rotatable bonds is 2. The molecule has 1 saturated heterocycles. The molecule has 5 nitrogen and oxygen atoms in total. The lowest BCUT2D eigenvalue weighted by Gasteiger charge is -2.43. The molecule has 1 heterocycles. The maximum Gasteiger partial charge on any atom is 0.321 e. The van der Waals surface area contributed by atoms with Crippen molar-refractivity contribution in [3.63, 3.8) is 0 Å². The van der Waals surface area contributed by atoms with Gasteiger partial charge in [0.25, 0.3) is 0 Å². The van der Waals surface area contributed by atoms with Crippen molar-refractivity contribution in [2.24, 2.45) is 5.92 Å². The lowest BCUT2D eigenvalue weighted by molar-refractivity contribution is -0.122. The molecule has 0 aromatic carbocycles. The highest BCUT2D eigenvalue weighted by molar-refractivity contribution is 5.95. The first-order valence-electron chi connectivity index (χ1n) is 6.96. The van der Waals surface area contributed by atoms with E-state index >= 15 is 0 Å². The van der Waals surface area contributed by atoms with E-state index in [1.165, 1.54) is 45.6 Å². The van der Waals surface area contributed by atoms with Crippen molar-refractivity contribution < 1.29 is 9.59 Å². The minimum Gasteiger partial charge on any atom is -0.341 e. The highest BCUT2D eigenvalue weighted by Gasteiger charge is 2.33. The molecule has 0 aromatic heterocycles. The van der Waals surface area contributed by atoms with Crippen molar-refractivity contribution >= 4 is 11.9 Å². The molecule has 0 radical (unpaired) electrons. The van der Waals surface area contributed by atoms with Gasteiger partial charge in [0.05, 0.1) is 6.54 Å². The summed E-state index contributed by atoms with van der Waals surface area (Å²) in [5.41, 5.74) is 0. The molecule has 1 aliphatic heterocycles. The Morgan fingerprint density at radius 1 is 1.17 bits per heavy atom. The third-order valence-electron chi connectivity index (χ3n) is 4.18. The lowest BCUT2D eigenvalue weighted by Crippen LogP contribution is -2.51. The van der Waals surface area contributed by atoms with Crippen LogP contribution < -0.4 is 10.6 Å². The van der Waals surface area contributed by atoms with Crippen LogP contribution in [-0.4, -0.2) is 43.0 Å². The van der Waals surface area contributed by atoms with Crippen molar-refractivity contribution in [2.45, 2.75) is 44.6 Å². The number of likely N-dealkylation sites (tertiary alicyclic amines) is 1. The SMILES string of the molecule is CNC(=O)NC(=O)CN1CCC[C@@H]2CCCC[C@@H]21. The molecule has 0 spiro atoms. The number of nitrogens with one attached hydrogen (secondary N) is 2. The fourth-order valence-electron chi connectivity index (χ4n) is 3.34. The summed E-state index contributed by atoms with van der Waals surface area (Å²) in [6, 6.07) is 0.139. The Labute approximate surface area is 108 Å². The second kappa shape index (κ2) is 6.18. The first kappa shape index (κ1) is 13.3. The zero-order chi connectivity index (χ0) is 13.0. The van der Waals surface area contributed by atoms with Gasteiger partial charge < -0.3 is 5.32 Å². The summed E-state index contributed by atoms with van der Waals surface area (Å²) in [5, 5.41) is 4.74. The highest BCUT2D eigenvalue weighted by atomic mass is 16.2. The van der Waals surface area contributed by atoms with Gasteiger partial charge in [0, 0.05) is 13.1 Å². The molecule has 2 aliphatic rings. The minimum absolute atomic E-state index is 0.194. The number of piperidine rings is 1. The molecule has 2 fully saturated rings. The van der Waals surface area contributed by atoms with E-state index in [1.54, 1.807) is 0 Å². The molecule has 0 aromatic rings. The number of hydrogen-bond donors (Lipinski definition) is 2. The Hall–Kier alpha value is -1.10. The predicted octanol–water partition coefficient (Wildman–Crippen LogP) is 1.10. The van der Waals surface area contributed by atoms with E-state index < -0.39 is 6.03 Å². The predicted molar refractivity (Wildman–Crippen MR) is 69.2 cm³/mol. The van der Waals surface area contributed by atoms with E-state index in [1.807, 2.05) is 0 Å². The third-order valence-corrected chi connectivity index (χ3v) is 4.18. The van der Waals surface area contributed by atoms with Crippen molar-refractivity contribution in [1.82, 2.24) is 15.5 Å². The Kier molecular flexibility index (Phi) is 4.58. The lowest BCUT2D eigenvalue weighted by atomic mass is 9.78. The number of amides is 3. The number of hydrogen-bond acceptors (Lipinski definition) is 3. The second-order valence-electron chi connectivity index (χ2n) is 5.35. The van der Waals surface area contributed by atoms with Gasteiger partial charge in [-0.2, -0.15) is 0 Å². The molecule has 0 unspecified atom stereocenters. The number of carbonyl (C=O) groups excluding carboxylic acids is 2. The van der Waals surface area contributed by atoms with E-state index in [9.17, 15) is 9.59 Å². The van der Waals surface area contributed by atoms with E-state index in [-0.39, 0.29) is 5.91 Å². The molecular weight excluding hydrogens is 230 g/mol. The molecule has 5 heteroatoms. The summed E-state index contributed by atoms with van der Waals surface area (Å²) in [7, 11) is 1.51. The number of imide groups is 1. The summed E-state index contributed by atoms with van der Waals surface area (Å²) in [4.78, 5) is 25.1. The van der Waals surface area contributed by atoms with Gasteiger partial charge >= 0.3 is 6.03 Å². The highest BCUT2D eigenvalue weighted by Crippen LogP contribution is 2.34. The van der Waals surface area contributed by atoms with Crippen molar-refractivity contribution in [3.8, 4) is 0 Å². The standard InChI is InChI=1S/C13H23N3O2/c1-14-13(18)15-12(17)9-16-8-4-6-10-5-2-3-7-11(10)16/h10-11H,2-9H2,1H3,(H2,14,15,17,18)/t10-,11-/m0/s1. The fraction of sp³-hybridized carbons (Fsp3) is 0.846. The number of carbonyl (C=O) groups is 2. The van der Waals surface area contributed by atoms with Gasteiger partial charge in [-0.25, -0.2) is 4.79 Å². The summed E-state index contributed by atoms with van der Waals surface area (Å²) < 4.78 is 0. The average Bonchev–Trinajstić information content (AvgIpc) is 2.39. The van der Waals surface area contributed by atoms with Crippen LogP contribution >= 0.6 is 0 Å². The molecule has 2 rings (SSSR count). The molecule has 2 N–H and O–H groups in total. The molecule has 1 aliphatic carbocycles. The van der Waals surface area contributed by atoms with E-state index in [2.05, 4.69) is 15.5 Å². The van der Waals surface area contributed by atoms with Crippen LogP contribution in [0.15, 0.2) is 0 Å². The normalized spacial score (nSPS) is 28.3. The van der Waals surface area contributed by atoms with Gasteiger partial charge in [-0.1, -0.05) is 12.8 Å². The summed E-state index contributed by atoms with van der Waals surface area (Å²) >= 11 is 0.